The van der Waals surface area contributed by atoms with E-state index < -0.39 is 0 Å². The number of nitriles is 1. The molecule has 0 saturated heterocycles. The van der Waals surface area contributed by atoms with Gasteiger partial charge in [-0.2, -0.15) is 15.5 Å². The van der Waals surface area contributed by atoms with Crippen LogP contribution < -0.4 is 11.2 Å². The first-order chi connectivity index (χ1) is 8.92. The fourth-order valence-electron chi connectivity index (χ4n) is 1.45. The number of aromatic nitrogens is 2. The molecule has 0 aliphatic heterocycles. The Balaban J connectivity index is 0.000000982. The number of rotatable bonds is 4. The number of aromatic amines is 1. The van der Waals surface area contributed by atoms with Gasteiger partial charge >= 0.3 is 0 Å². The van der Waals surface area contributed by atoms with Crippen LogP contribution in [0.2, 0.25) is 0 Å². The molecule has 1 heterocycles. The van der Waals surface area contributed by atoms with E-state index in [-0.39, 0.29) is 5.11 Å². The zero-order valence-electron chi connectivity index (χ0n) is 11.2. The average Bonchev–Trinajstić information content (AvgIpc) is 2.65. The molecule has 4 N–H and O–H groups in total. The van der Waals surface area contributed by atoms with E-state index in [0.29, 0.717) is 0 Å². The number of hydrogen-bond acceptors (Lipinski definition) is 5. The minimum Gasteiger partial charge on any atom is -0.375 e. The molecule has 19 heavy (non-hydrogen) atoms. The second-order valence-corrected chi connectivity index (χ2v) is 4.48. The van der Waals surface area contributed by atoms with Gasteiger partial charge in [0, 0.05) is 11.4 Å². The van der Waals surface area contributed by atoms with Gasteiger partial charge in [0.25, 0.3) is 0 Å². The average molecular weight is 298 g/mol. The van der Waals surface area contributed by atoms with Crippen molar-refractivity contribution >= 4 is 35.7 Å². The molecule has 8 heteroatoms. The van der Waals surface area contributed by atoms with Crippen LogP contribution in [0, 0.1) is 24.5 Å². The third kappa shape index (κ3) is 7.43. The van der Waals surface area contributed by atoms with Gasteiger partial charge in [0.2, 0.25) is 0 Å². The summed E-state index contributed by atoms with van der Waals surface area (Å²) in [4.78, 5) is 0. The maximum atomic E-state index is 7.18. The van der Waals surface area contributed by atoms with Crippen LogP contribution in [0.25, 0.3) is 0 Å². The van der Waals surface area contributed by atoms with Crippen LogP contribution in [-0.4, -0.2) is 21.0 Å². The van der Waals surface area contributed by atoms with E-state index in [1.807, 2.05) is 20.8 Å². The Bertz CT molecular complexity index is 466. The fourth-order valence-corrected chi connectivity index (χ4v) is 1.50. The first-order valence-electron chi connectivity index (χ1n) is 5.54. The van der Waals surface area contributed by atoms with Crippen LogP contribution in [0.5, 0.6) is 0 Å². The third-order valence-corrected chi connectivity index (χ3v) is 2.47. The highest BCUT2D eigenvalue weighted by Gasteiger charge is 2.06. The van der Waals surface area contributed by atoms with Crippen LogP contribution in [0.15, 0.2) is 5.10 Å². The van der Waals surface area contributed by atoms with Gasteiger partial charge in [-0.25, -0.2) is 0 Å². The number of thiocarbonyl (C=S) groups is 1. The molecule has 1 rings (SSSR count). The fraction of sp³-hybridized carbons (Fsp3) is 0.455. The van der Waals surface area contributed by atoms with E-state index in [2.05, 4.69) is 45.6 Å². The number of nitrogens with one attached hydrogen (secondary N) is 2. The maximum absolute atomic E-state index is 7.18. The summed E-state index contributed by atoms with van der Waals surface area (Å²) in [6.45, 7) is 5.96. The summed E-state index contributed by atoms with van der Waals surface area (Å²) in [5.41, 5.74) is 12.2. The van der Waals surface area contributed by atoms with Crippen molar-refractivity contribution in [3.8, 4) is 5.40 Å². The second-order valence-electron chi connectivity index (χ2n) is 3.84. The molecule has 0 unspecified atom stereocenters. The normalized spacial score (nSPS) is 10.2. The highest BCUT2D eigenvalue weighted by atomic mass is 32.1. The van der Waals surface area contributed by atoms with Crippen LogP contribution in [0.1, 0.15) is 30.3 Å². The van der Waals surface area contributed by atoms with Gasteiger partial charge in [0.15, 0.2) is 5.11 Å². The number of aryl methyl sites for hydroxylation is 2. The smallest absolute Gasteiger partial charge is 0.184 e. The van der Waals surface area contributed by atoms with Crippen LogP contribution in [0.3, 0.4) is 0 Å². The summed E-state index contributed by atoms with van der Waals surface area (Å²) < 4.78 is 0. The molecule has 0 aliphatic carbocycles. The topological polar surface area (TPSA) is 103 Å². The Hall–Kier alpha value is -1.59. The predicted octanol–water partition coefficient (Wildman–Crippen LogP) is 1.57. The van der Waals surface area contributed by atoms with Gasteiger partial charge in [0.1, 0.15) is 5.40 Å². The van der Waals surface area contributed by atoms with Gasteiger partial charge in [0.05, 0.1) is 5.69 Å². The van der Waals surface area contributed by atoms with Gasteiger partial charge < -0.3 is 5.73 Å². The van der Waals surface area contributed by atoms with E-state index in [1.54, 1.807) is 0 Å². The van der Waals surface area contributed by atoms with Gasteiger partial charge in [-0.05, 0) is 51.4 Å². The van der Waals surface area contributed by atoms with Crippen molar-refractivity contribution in [2.75, 3.05) is 0 Å². The SMILES string of the molecule is C/C(CCc1c(C)n[nH]c1C)=N\NC(N)=S.N#CS. The molecule has 0 radical (unpaired) electrons. The highest BCUT2D eigenvalue weighted by Crippen LogP contribution is 2.11. The Kier molecular flexibility index (Phi) is 8.57. The number of nitrogens with zero attached hydrogens (tertiary/aromatic N) is 3. The molecule has 6 nitrogen and oxygen atoms in total. The largest absolute Gasteiger partial charge is 0.375 e. The van der Waals surface area contributed by atoms with E-state index in [9.17, 15) is 0 Å². The molecule has 0 saturated carbocycles. The Morgan fingerprint density at radius 1 is 1.63 bits per heavy atom. The van der Waals surface area contributed by atoms with Crippen molar-refractivity contribution in [3.05, 3.63) is 17.0 Å². The molecule has 0 atom stereocenters. The highest BCUT2D eigenvalue weighted by molar-refractivity contribution is 7.85. The summed E-state index contributed by atoms with van der Waals surface area (Å²) in [6, 6.07) is 0. The van der Waals surface area contributed by atoms with E-state index in [0.717, 1.165) is 29.9 Å². The van der Waals surface area contributed by atoms with Crippen LogP contribution in [0.4, 0.5) is 0 Å². The number of hydrazone groups is 1. The van der Waals surface area contributed by atoms with Gasteiger partial charge in [-0.1, -0.05) is 12.6 Å². The molecule has 0 amide bonds. The maximum Gasteiger partial charge on any atom is 0.184 e. The molecule has 0 bridgehead atoms. The lowest BCUT2D eigenvalue weighted by Gasteiger charge is -2.02. The Labute approximate surface area is 123 Å². The summed E-state index contributed by atoms with van der Waals surface area (Å²) in [5.74, 6) is 0. The number of hydrogen-bond donors (Lipinski definition) is 4. The van der Waals surface area contributed by atoms with Gasteiger partial charge in [-0.3, -0.25) is 10.5 Å². The standard InChI is InChI=1S/C10H17N5S.CHNS/c1-6(12-15-10(11)16)4-5-9-7(2)13-14-8(9)3;2-1-3/h4-5H2,1-3H3,(H,13,14)(H3,11,15,16);3H/b12-6+;. The van der Waals surface area contributed by atoms with Crippen molar-refractivity contribution in [3.63, 3.8) is 0 Å². The first-order valence-corrected chi connectivity index (χ1v) is 6.40. The summed E-state index contributed by atoms with van der Waals surface area (Å²) in [7, 11) is 0. The second kappa shape index (κ2) is 9.35. The predicted molar refractivity (Wildman–Crippen MR) is 84.0 cm³/mol. The summed E-state index contributed by atoms with van der Waals surface area (Å²) in [5, 5.41) is 20.0. The van der Waals surface area contributed by atoms with E-state index >= 15 is 0 Å². The van der Waals surface area contributed by atoms with E-state index in [4.69, 9.17) is 11.0 Å². The number of thiol groups is 1. The summed E-state index contributed by atoms with van der Waals surface area (Å²) >= 11 is 7.76. The quantitative estimate of drug-likeness (QED) is 0.222. The molecule has 0 spiro atoms. The minimum absolute atomic E-state index is 0.190. The Morgan fingerprint density at radius 2 is 2.21 bits per heavy atom. The molecule has 0 aliphatic rings. The number of thiocyanates is 1. The summed E-state index contributed by atoms with van der Waals surface area (Å²) in [6.07, 6.45) is 1.78. The van der Waals surface area contributed by atoms with Crippen LogP contribution >= 0.6 is 24.8 Å². The van der Waals surface area contributed by atoms with Crippen molar-refractivity contribution in [1.29, 1.82) is 5.26 Å². The molecule has 1 aromatic rings. The third-order valence-electron chi connectivity index (χ3n) is 2.37. The lowest BCUT2D eigenvalue weighted by molar-refractivity contribution is 0.957. The van der Waals surface area contributed by atoms with Crippen LogP contribution in [-0.2, 0) is 6.42 Å². The van der Waals surface area contributed by atoms with Gasteiger partial charge in [-0.15, -0.1) is 0 Å². The molecule has 0 aromatic carbocycles. The zero-order valence-corrected chi connectivity index (χ0v) is 12.9. The van der Waals surface area contributed by atoms with Crippen molar-refractivity contribution < 1.29 is 0 Å². The monoisotopic (exact) mass is 298 g/mol. The van der Waals surface area contributed by atoms with Crippen molar-refractivity contribution in [2.24, 2.45) is 10.8 Å². The minimum atomic E-state index is 0.190. The zero-order chi connectivity index (χ0) is 14.8. The van der Waals surface area contributed by atoms with Crippen molar-refractivity contribution in [2.45, 2.75) is 33.6 Å². The molecular formula is C11H18N6S2. The molecular weight excluding hydrogens is 280 g/mol. The lowest BCUT2D eigenvalue weighted by Crippen LogP contribution is -2.25. The molecule has 0 fully saturated rings. The lowest BCUT2D eigenvalue weighted by atomic mass is 10.1. The van der Waals surface area contributed by atoms with E-state index in [1.165, 1.54) is 11.0 Å². The first kappa shape index (κ1) is 17.4. The van der Waals surface area contributed by atoms with Crippen molar-refractivity contribution in [1.82, 2.24) is 15.6 Å². The molecule has 104 valence electrons. The number of nitrogens with two attached hydrogens (primary N) is 1. The number of H-pyrrole nitrogens is 1. The molecule has 1 aromatic heterocycles. The Morgan fingerprint density at radius 3 is 2.63 bits per heavy atom.